The first-order valence-electron chi connectivity index (χ1n) is 7.60. The van der Waals surface area contributed by atoms with E-state index >= 15 is 0 Å². The molecule has 1 aromatic carbocycles. The van der Waals surface area contributed by atoms with Gasteiger partial charge in [0.1, 0.15) is 0 Å². The quantitative estimate of drug-likeness (QED) is 0.794. The maximum absolute atomic E-state index is 12.7. The Labute approximate surface area is 143 Å². The number of nitrogens with zero attached hydrogens (tertiary/aromatic N) is 2. The molecule has 0 fully saturated rings. The van der Waals surface area contributed by atoms with Gasteiger partial charge in [-0.2, -0.15) is 0 Å². The molecular weight excluding hydrogens is 328 g/mol. The molecule has 5 nitrogen and oxygen atoms in total. The largest absolute Gasteiger partial charge is 0.503 e. The van der Waals surface area contributed by atoms with E-state index in [4.69, 9.17) is 11.6 Å². The summed E-state index contributed by atoms with van der Waals surface area (Å²) in [6.45, 7) is 4.03. The number of aromatic hydroxyl groups is 1. The second-order valence-corrected chi connectivity index (χ2v) is 6.47. The van der Waals surface area contributed by atoms with Crippen LogP contribution in [-0.2, 0) is 6.54 Å². The van der Waals surface area contributed by atoms with Crippen LogP contribution in [0.2, 0.25) is 5.02 Å². The van der Waals surface area contributed by atoms with E-state index in [1.807, 2.05) is 19.9 Å². The van der Waals surface area contributed by atoms with Crippen LogP contribution < -0.4 is 11.0 Å². The van der Waals surface area contributed by atoms with Crippen LogP contribution in [0.25, 0.3) is 5.52 Å². The number of hydrogen-bond acceptors (Lipinski definition) is 3. The fraction of sp³-hybridized carbons (Fsp3) is 0.222. The van der Waals surface area contributed by atoms with Crippen LogP contribution in [-0.4, -0.2) is 14.1 Å². The monoisotopic (exact) mass is 344 g/mol. The minimum absolute atomic E-state index is 0.0195. The van der Waals surface area contributed by atoms with E-state index in [-0.39, 0.29) is 11.4 Å². The lowest BCUT2D eigenvalue weighted by Crippen LogP contribution is -2.25. The van der Waals surface area contributed by atoms with Gasteiger partial charge in [-0.15, -0.1) is 0 Å². The number of benzene rings is 1. The molecule has 0 aliphatic rings. The lowest BCUT2D eigenvalue weighted by Gasteiger charge is -2.12. The third kappa shape index (κ3) is 2.83. The van der Waals surface area contributed by atoms with Crippen LogP contribution >= 0.6 is 11.6 Å². The van der Waals surface area contributed by atoms with E-state index in [0.717, 1.165) is 5.56 Å². The van der Waals surface area contributed by atoms with Gasteiger partial charge < -0.3 is 14.1 Å². The van der Waals surface area contributed by atoms with E-state index in [2.05, 4.69) is 0 Å². The van der Waals surface area contributed by atoms with Crippen LogP contribution in [0.4, 0.5) is 0 Å². The molecule has 0 spiro atoms. The molecule has 2 aromatic heterocycles. The highest BCUT2D eigenvalue weighted by Gasteiger charge is 2.16. The summed E-state index contributed by atoms with van der Waals surface area (Å²) >= 11 is 5.97. The first-order valence-corrected chi connectivity index (χ1v) is 7.98. The van der Waals surface area contributed by atoms with Gasteiger partial charge in [-0.05, 0) is 23.6 Å². The summed E-state index contributed by atoms with van der Waals surface area (Å²) in [5.74, 6) is -0.555. The molecule has 2 heterocycles. The van der Waals surface area contributed by atoms with Gasteiger partial charge in [0.2, 0.25) is 5.43 Å². The number of pyridine rings is 1. The Hall–Kier alpha value is -2.53. The zero-order valence-electron chi connectivity index (χ0n) is 13.4. The predicted octanol–water partition coefficient (Wildman–Crippen LogP) is 2.99. The molecule has 0 bridgehead atoms. The molecule has 3 rings (SSSR count). The van der Waals surface area contributed by atoms with Crippen molar-refractivity contribution < 1.29 is 5.11 Å². The first-order chi connectivity index (χ1) is 11.4. The summed E-state index contributed by atoms with van der Waals surface area (Å²) < 4.78 is 2.94. The molecule has 0 saturated heterocycles. The van der Waals surface area contributed by atoms with Gasteiger partial charge in [-0.25, -0.2) is 0 Å². The maximum Gasteiger partial charge on any atom is 0.279 e. The summed E-state index contributed by atoms with van der Waals surface area (Å²) in [5, 5.41) is 10.8. The Bertz CT molecular complexity index is 1030. The van der Waals surface area contributed by atoms with Crippen LogP contribution in [0.3, 0.4) is 0 Å². The van der Waals surface area contributed by atoms with Crippen molar-refractivity contribution in [3.8, 4) is 5.75 Å². The average Bonchev–Trinajstić information content (AvgIpc) is 2.53. The minimum atomic E-state index is -0.508. The van der Waals surface area contributed by atoms with Crippen molar-refractivity contribution in [2.24, 2.45) is 0 Å². The van der Waals surface area contributed by atoms with Crippen molar-refractivity contribution in [3.63, 3.8) is 0 Å². The highest BCUT2D eigenvalue weighted by atomic mass is 35.5. The maximum atomic E-state index is 12.7. The van der Waals surface area contributed by atoms with Gasteiger partial charge in [-0.1, -0.05) is 37.6 Å². The Morgan fingerprint density at radius 2 is 1.96 bits per heavy atom. The van der Waals surface area contributed by atoms with E-state index in [1.54, 1.807) is 36.8 Å². The number of rotatable bonds is 3. The fourth-order valence-electron chi connectivity index (χ4n) is 2.69. The predicted molar refractivity (Wildman–Crippen MR) is 94.2 cm³/mol. The zero-order valence-corrected chi connectivity index (χ0v) is 14.1. The summed E-state index contributed by atoms with van der Waals surface area (Å²) in [6, 6.07) is 7.19. The van der Waals surface area contributed by atoms with Crippen molar-refractivity contribution in [3.05, 3.63) is 79.6 Å². The molecular formula is C18H17ClN2O3. The summed E-state index contributed by atoms with van der Waals surface area (Å²) in [4.78, 5) is 24.9. The Kier molecular flexibility index (Phi) is 4.20. The van der Waals surface area contributed by atoms with Gasteiger partial charge in [0.15, 0.2) is 11.3 Å². The smallest absolute Gasteiger partial charge is 0.279 e. The standard InChI is InChI=1S/C18H17ClN2O3/c1-11(2)14-10-20-6-7-21(9-12-4-3-5-13(19)8-12)18(24)15(20)17(23)16(14)22/h3-8,10-11,23H,9H2,1-2H3. The lowest BCUT2D eigenvalue weighted by atomic mass is 10.0. The molecule has 0 aliphatic heterocycles. The third-order valence-corrected chi connectivity index (χ3v) is 4.21. The zero-order chi connectivity index (χ0) is 17.4. The highest BCUT2D eigenvalue weighted by molar-refractivity contribution is 6.30. The van der Waals surface area contributed by atoms with Crippen LogP contribution in [0.1, 0.15) is 30.9 Å². The molecule has 0 unspecified atom stereocenters. The van der Waals surface area contributed by atoms with Crippen molar-refractivity contribution in [1.82, 2.24) is 8.97 Å². The van der Waals surface area contributed by atoms with Gasteiger partial charge in [0.05, 0.1) is 6.54 Å². The molecule has 0 radical (unpaired) electrons. The average molecular weight is 345 g/mol. The Morgan fingerprint density at radius 1 is 1.21 bits per heavy atom. The van der Waals surface area contributed by atoms with E-state index < -0.39 is 16.7 Å². The molecule has 6 heteroatoms. The first kappa shape index (κ1) is 16.3. The van der Waals surface area contributed by atoms with Crippen LogP contribution in [0.5, 0.6) is 5.75 Å². The second kappa shape index (κ2) is 6.17. The SMILES string of the molecule is CC(C)c1cn2ccn(Cc3cccc(Cl)c3)c(=O)c2c(O)c1=O. The summed E-state index contributed by atoms with van der Waals surface area (Å²) in [5.41, 5.74) is 0.380. The fourth-order valence-corrected chi connectivity index (χ4v) is 2.91. The topological polar surface area (TPSA) is 63.7 Å². The van der Waals surface area contributed by atoms with E-state index in [9.17, 15) is 14.7 Å². The van der Waals surface area contributed by atoms with Crippen molar-refractivity contribution in [2.75, 3.05) is 0 Å². The molecule has 0 amide bonds. The Balaban J connectivity index is 2.18. The number of halogens is 1. The lowest BCUT2D eigenvalue weighted by molar-refractivity contribution is 0.470. The number of fused-ring (bicyclic) bond motifs is 1. The molecule has 0 saturated carbocycles. The number of aromatic nitrogens is 2. The van der Waals surface area contributed by atoms with E-state index in [1.165, 1.54) is 8.97 Å². The molecule has 0 aliphatic carbocycles. The second-order valence-electron chi connectivity index (χ2n) is 6.03. The van der Waals surface area contributed by atoms with Gasteiger partial charge in [0.25, 0.3) is 5.56 Å². The molecule has 24 heavy (non-hydrogen) atoms. The molecule has 124 valence electrons. The van der Waals surface area contributed by atoms with Gasteiger partial charge in [0, 0.05) is 29.2 Å². The minimum Gasteiger partial charge on any atom is -0.503 e. The Morgan fingerprint density at radius 3 is 2.62 bits per heavy atom. The van der Waals surface area contributed by atoms with E-state index in [0.29, 0.717) is 17.1 Å². The normalized spacial score (nSPS) is 11.3. The summed E-state index contributed by atoms with van der Waals surface area (Å²) in [6.07, 6.45) is 4.89. The molecule has 0 atom stereocenters. The van der Waals surface area contributed by atoms with Crippen molar-refractivity contribution >= 4 is 17.1 Å². The number of hydrogen-bond donors (Lipinski definition) is 1. The molecule has 3 aromatic rings. The third-order valence-electron chi connectivity index (χ3n) is 3.97. The van der Waals surface area contributed by atoms with Crippen molar-refractivity contribution in [2.45, 2.75) is 26.3 Å². The van der Waals surface area contributed by atoms with Crippen LogP contribution in [0, 0.1) is 0 Å². The molecule has 1 N–H and O–H groups in total. The van der Waals surface area contributed by atoms with Crippen molar-refractivity contribution in [1.29, 1.82) is 0 Å². The van der Waals surface area contributed by atoms with Crippen LogP contribution in [0.15, 0.2) is 52.4 Å². The van der Waals surface area contributed by atoms with Gasteiger partial charge >= 0.3 is 0 Å². The highest BCUT2D eigenvalue weighted by Crippen LogP contribution is 2.17. The summed E-state index contributed by atoms with van der Waals surface area (Å²) in [7, 11) is 0. The van der Waals surface area contributed by atoms with Gasteiger partial charge in [-0.3, -0.25) is 9.59 Å².